The van der Waals surface area contributed by atoms with E-state index in [2.05, 4.69) is 10.6 Å². The lowest BCUT2D eigenvalue weighted by Crippen LogP contribution is -2.43. The Labute approximate surface area is 112 Å². The topological polar surface area (TPSA) is 84.3 Å². The predicted molar refractivity (Wildman–Crippen MR) is 74.2 cm³/mol. The Morgan fingerprint density at radius 1 is 1.37 bits per heavy atom. The molecule has 0 saturated carbocycles. The largest absolute Gasteiger partial charge is 0.370 e. The summed E-state index contributed by atoms with van der Waals surface area (Å²) in [5.41, 5.74) is 0.772. The van der Waals surface area contributed by atoms with Gasteiger partial charge in [0.1, 0.15) is 5.69 Å². The third-order valence-electron chi connectivity index (χ3n) is 2.39. The minimum absolute atomic E-state index is 0.00294. The molecular formula is C13H19N3O3. The number of carbonyl (C=O) groups excluding carboxylic acids is 1. The van der Waals surface area contributed by atoms with Crippen LogP contribution >= 0.6 is 0 Å². The number of amides is 1. The SMILES string of the molecule is Cc1cccc([N+](=O)[O-])c1NCC(=O)NC(C)(C)C. The number of nitrogens with zero attached hydrogens (tertiary/aromatic N) is 1. The van der Waals surface area contributed by atoms with Crippen LogP contribution in [0.15, 0.2) is 18.2 Å². The summed E-state index contributed by atoms with van der Waals surface area (Å²) in [6, 6.07) is 4.79. The van der Waals surface area contributed by atoms with Crippen molar-refractivity contribution in [3.05, 3.63) is 33.9 Å². The highest BCUT2D eigenvalue weighted by Crippen LogP contribution is 2.27. The Morgan fingerprint density at radius 2 is 2.00 bits per heavy atom. The number of benzene rings is 1. The van der Waals surface area contributed by atoms with Crippen LogP contribution in [-0.4, -0.2) is 22.9 Å². The molecule has 0 bridgehead atoms. The van der Waals surface area contributed by atoms with Gasteiger partial charge in [-0.15, -0.1) is 0 Å². The molecule has 0 fully saturated rings. The molecule has 6 nitrogen and oxygen atoms in total. The van der Waals surface area contributed by atoms with E-state index in [1.54, 1.807) is 19.1 Å². The molecule has 0 aliphatic heterocycles. The van der Waals surface area contributed by atoms with E-state index in [1.165, 1.54) is 6.07 Å². The van der Waals surface area contributed by atoms with E-state index < -0.39 is 4.92 Å². The van der Waals surface area contributed by atoms with Gasteiger partial charge in [-0.3, -0.25) is 14.9 Å². The maximum atomic E-state index is 11.7. The molecule has 0 saturated heterocycles. The fraction of sp³-hybridized carbons (Fsp3) is 0.462. The van der Waals surface area contributed by atoms with Crippen LogP contribution in [-0.2, 0) is 4.79 Å². The molecule has 0 heterocycles. The highest BCUT2D eigenvalue weighted by atomic mass is 16.6. The molecule has 0 atom stereocenters. The summed E-state index contributed by atoms with van der Waals surface area (Å²) in [4.78, 5) is 22.1. The van der Waals surface area contributed by atoms with Crippen LogP contribution in [0.2, 0.25) is 0 Å². The van der Waals surface area contributed by atoms with Crippen LogP contribution < -0.4 is 10.6 Å². The molecule has 104 valence electrons. The second-order valence-corrected chi connectivity index (χ2v) is 5.38. The minimum Gasteiger partial charge on any atom is -0.370 e. The second kappa shape index (κ2) is 5.69. The summed E-state index contributed by atoms with van der Waals surface area (Å²) in [5, 5.41) is 16.5. The van der Waals surface area contributed by atoms with Gasteiger partial charge in [0.25, 0.3) is 5.69 Å². The molecule has 19 heavy (non-hydrogen) atoms. The zero-order valence-electron chi connectivity index (χ0n) is 11.6. The molecule has 0 unspecified atom stereocenters. The Morgan fingerprint density at radius 3 is 2.53 bits per heavy atom. The number of hydrogen-bond acceptors (Lipinski definition) is 4. The quantitative estimate of drug-likeness (QED) is 0.646. The summed E-state index contributed by atoms with van der Waals surface area (Å²) in [7, 11) is 0. The number of rotatable bonds is 4. The fourth-order valence-corrected chi connectivity index (χ4v) is 1.67. The van der Waals surface area contributed by atoms with Gasteiger partial charge in [-0.2, -0.15) is 0 Å². The summed E-state index contributed by atoms with van der Waals surface area (Å²) in [5.74, 6) is -0.204. The average Bonchev–Trinajstić information content (AvgIpc) is 2.24. The Bertz CT molecular complexity index is 492. The lowest BCUT2D eigenvalue weighted by atomic mass is 10.1. The number of nitro groups is 1. The smallest absolute Gasteiger partial charge is 0.292 e. The lowest BCUT2D eigenvalue weighted by molar-refractivity contribution is -0.384. The molecule has 0 radical (unpaired) electrons. The van der Waals surface area contributed by atoms with Gasteiger partial charge < -0.3 is 10.6 Å². The van der Waals surface area contributed by atoms with Crippen LogP contribution in [0.25, 0.3) is 0 Å². The van der Waals surface area contributed by atoms with Crippen LogP contribution in [0.5, 0.6) is 0 Å². The molecule has 6 heteroatoms. The van der Waals surface area contributed by atoms with Crippen molar-refractivity contribution in [1.82, 2.24) is 5.32 Å². The zero-order valence-corrected chi connectivity index (χ0v) is 11.6. The molecule has 1 rings (SSSR count). The van der Waals surface area contributed by atoms with E-state index in [0.717, 1.165) is 5.56 Å². The third-order valence-corrected chi connectivity index (χ3v) is 2.39. The standard InChI is InChI=1S/C13H19N3O3/c1-9-6-5-7-10(16(18)19)12(9)14-8-11(17)15-13(2,3)4/h5-7,14H,8H2,1-4H3,(H,15,17). The highest BCUT2D eigenvalue weighted by molar-refractivity contribution is 5.82. The van der Waals surface area contributed by atoms with Gasteiger partial charge in [0.05, 0.1) is 11.5 Å². The number of nitrogens with one attached hydrogen (secondary N) is 2. The number of carbonyl (C=O) groups is 1. The maximum Gasteiger partial charge on any atom is 0.292 e. The maximum absolute atomic E-state index is 11.7. The van der Waals surface area contributed by atoms with Crippen LogP contribution in [0.1, 0.15) is 26.3 Å². The molecule has 0 spiro atoms. The van der Waals surface area contributed by atoms with Crippen molar-refractivity contribution in [2.75, 3.05) is 11.9 Å². The average molecular weight is 265 g/mol. The Hall–Kier alpha value is -2.11. The van der Waals surface area contributed by atoms with Gasteiger partial charge >= 0.3 is 0 Å². The van der Waals surface area contributed by atoms with Crippen molar-refractivity contribution in [2.45, 2.75) is 33.2 Å². The molecule has 1 amide bonds. The van der Waals surface area contributed by atoms with Gasteiger partial charge in [-0.25, -0.2) is 0 Å². The van der Waals surface area contributed by atoms with Crippen molar-refractivity contribution in [3.63, 3.8) is 0 Å². The number of nitro benzene ring substituents is 1. The first kappa shape index (κ1) is 14.9. The van der Waals surface area contributed by atoms with E-state index in [-0.39, 0.29) is 23.7 Å². The van der Waals surface area contributed by atoms with Gasteiger partial charge in [0.15, 0.2) is 0 Å². The summed E-state index contributed by atoms with van der Waals surface area (Å²) >= 11 is 0. The van der Waals surface area contributed by atoms with Gasteiger partial charge in [0.2, 0.25) is 5.91 Å². The predicted octanol–water partition coefficient (Wildman–Crippen LogP) is 2.23. The Kier molecular flexibility index (Phi) is 4.47. The van der Waals surface area contributed by atoms with Crippen molar-refractivity contribution in [1.29, 1.82) is 0 Å². The number of para-hydroxylation sites is 1. The van der Waals surface area contributed by atoms with E-state index in [4.69, 9.17) is 0 Å². The lowest BCUT2D eigenvalue weighted by Gasteiger charge is -2.21. The van der Waals surface area contributed by atoms with Crippen LogP contribution in [0, 0.1) is 17.0 Å². The van der Waals surface area contributed by atoms with Crippen LogP contribution in [0.4, 0.5) is 11.4 Å². The first-order valence-corrected chi connectivity index (χ1v) is 5.99. The van der Waals surface area contributed by atoms with E-state index in [1.807, 2.05) is 20.8 Å². The first-order valence-electron chi connectivity index (χ1n) is 5.99. The van der Waals surface area contributed by atoms with Gasteiger partial charge in [-0.05, 0) is 33.3 Å². The zero-order chi connectivity index (χ0) is 14.6. The highest BCUT2D eigenvalue weighted by Gasteiger charge is 2.17. The molecule has 0 aromatic heterocycles. The molecule has 2 N–H and O–H groups in total. The van der Waals surface area contributed by atoms with Gasteiger partial charge in [0, 0.05) is 11.6 Å². The molecular weight excluding hydrogens is 246 g/mol. The normalized spacial score (nSPS) is 10.9. The number of aryl methyl sites for hydroxylation is 1. The molecule has 1 aromatic carbocycles. The number of hydrogen-bond donors (Lipinski definition) is 2. The van der Waals surface area contributed by atoms with E-state index in [0.29, 0.717) is 5.69 Å². The molecule has 1 aromatic rings. The first-order chi connectivity index (χ1) is 8.70. The summed E-state index contributed by atoms with van der Waals surface area (Å²) in [6.45, 7) is 7.39. The van der Waals surface area contributed by atoms with E-state index >= 15 is 0 Å². The fourth-order valence-electron chi connectivity index (χ4n) is 1.67. The number of anilines is 1. The van der Waals surface area contributed by atoms with E-state index in [9.17, 15) is 14.9 Å². The van der Waals surface area contributed by atoms with Crippen LogP contribution in [0.3, 0.4) is 0 Å². The van der Waals surface area contributed by atoms with Gasteiger partial charge in [-0.1, -0.05) is 12.1 Å². The molecule has 0 aliphatic rings. The Balaban J connectivity index is 2.78. The minimum atomic E-state index is -0.461. The van der Waals surface area contributed by atoms with Crippen molar-refractivity contribution >= 4 is 17.3 Å². The van der Waals surface area contributed by atoms with Crippen molar-refractivity contribution < 1.29 is 9.72 Å². The molecule has 0 aliphatic carbocycles. The summed E-state index contributed by atoms with van der Waals surface area (Å²) in [6.07, 6.45) is 0. The monoisotopic (exact) mass is 265 g/mol. The second-order valence-electron chi connectivity index (χ2n) is 5.38. The third kappa shape index (κ3) is 4.57. The van der Waals surface area contributed by atoms with Crippen molar-refractivity contribution in [2.24, 2.45) is 0 Å². The summed E-state index contributed by atoms with van der Waals surface area (Å²) < 4.78 is 0. The van der Waals surface area contributed by atoms with Crippen molar-refractivity contribution in [3.8, 4) is 0 Å².